The van der Waals surface area contributed by atoms with Crippen LogP contribution in [0.15, 0.2) is 6.07 Å². The molecule has 2 nitrogen and oxygen atoms in total. The second-order valence-electron chi connectivity index (χ2n) is 3.07. The smallest absolute Gasteiger partial charge is 0.284 e. The highest BCUT2D eigenvalue weighted by atomic mass is 35.5. The van der Waals surface area contributed by atoms with Gasteiger partial charge >= 0.3 is 6.18 Å². The molecule has 0 saturated carbocycles. The number of hydrogen-bond donors (Lipinski definition) is 0. The number of carbonyl (C=O) groups is 1. The Morgan fingerprint density at radius 2 is 1.93 bits per heavy atom. The van der Waals surface area contributed by atoms with E-state index in [1.165, 1.54) is 13.0 Å². The van der Waals surface area contributed by atoms with Gasteiger partial charge in [-0.2, -0.15) is 13.2 Å². The third-order valence-corrected chi connectivity index (χ3v) is 2.06. The number of carbonyl (C=O) groups excluding carboxylic acids is 1. The Hall–Kier alpha value is -1.10. The lowest BCUT2D eigenvalue weighted by atomic mass is 10.1. The average Bonchev–Trinajstić information content (AvgIpc) is 1.99. The predicted octanol–water partition coefficient (Wildman–Crippen LogP) is 3.10. The van der Waals surface area contributed by atoms with Gasteiger partial charge in [0.2, 0.25) is 0 Å². The van der Waals surface area contributed by atoms with Crippen molar-refractivity contribution in [2.75, 3.05) is 0 Å². The summed E-state index contributed by atoms with van der Waals surface area (Å²) in [6.45, 7) is 2.97. The number of alkyl halides is 3. The Morgan fingerprint density at radius 3 is 2.33 bits per heavy atom. The molecular weight excluding hydrogens is 231 g/mol. The Morgan fingerprint density at radius 1 is 1.40 bits per heavy atom. The average molecular weight is 238 g/mol. The lowest BCUT2D eigenvalue weighted by Crippen LogP contribution is -2.24. The maximum atomic E-state index is 12.2. The number of hydrogen-bond acceptors (Lipinski definition) is 2. The summed E-state index contributed by atoms with van der Waals surface area (Å²) in [6, 6.07) is 1.38. The summed E-state index contributed by atoms with van der Waals surface area (Å²) in [5.41, 5.74) is 0.0702. The van der Waals surface area contributed by atoms with Crippen molar-refractivity contribution in [2.24, 2.45) is 0 Å². The van der Waals surface area contributed by atoms with Crippen molar-refractivity contribution in [3.63, 3.8) is 0 Å². The van der Waals surface area contributed by atoms with Crippen LogP contribution in [0.25, 0.3) is 0 Å². The van der Waals surface area contributed by atoms with E-state index in [1.54, 1.807) is 6.92 Å². The third-order valence-electron chi connectivity index (χ3n) is 1.79. The van der Waals surface area contributed by atoms with E-state index < -0.39 is 22.7 Å². The van der Waals surface area contributed by atoms with Crippen LogP contribution in [0, 0.1) is 13.8 Å². The van der Waals surface area contributed by atoms with Crippen molar-refractivity contribution in [1.29, 1.82) is 0 Å². The summed E-state index contributed by atoms with van der Waals surface area (Å²) in [6.07, 6.45) is -4.93. The molecule has 0 aliphatic heterocycles. The van der Waals surface area contributed by atoms with Crippen LogP contribution < -0.4 is 0 Å². The monoisotopic (exact) mass is 237 g/mol. The second kappa shape index (κ2) is 3.81. The second-order valence-corrected chi connectivity index (χ2v) is 3.43. The van der Waals surface area contributed by atoms with Gasteiger partial charge in [-0.3, -0.25) is 4.79 Å². The minimum Gasteiger partial charge on any atom is -0.284 e. The number of nitrogens with zero attached hydrogens (tertiary/aromatic N) is 1. The van der Waals surface area contributed by atoms with E-state index >= 15 is 0 Å². The van der Waals surface area contributed by atoms with Gasteiger partial charge in [-0.05, 0) is 25.5 Å². The van der Waals surface area contributed by atoms with Gasteiger partial charge in [-0.15, -0.1) is 0 Å². The molecule has 0 aromatic carbocycles. The van der Waals surface area contributed by atoms with Crippen LogP contribution in [-0.2, 0) is 0 Å². The molecule has 0 fully saturated rings. The van der Waals surface area contributed by atoms with Gasteiger partial charge in [0.05, 0.1) is 5.56 Å². The van der Waals surface area contributed by atoms with Crippen molar-refractivity contribution >= 4 is 17.4 Å². The van der Waals surface area contributed by atoms with Gasteiger partial charge in [0.25, 0.3) is 5.78 Å². The zero-order valence-electron chi connectivity index (χ0n) is 7.94. The maximum Gasteiger partial charge on any atom is 0.454 e. The van der Waals surface area contributed by atoms with Gasteiger partial charge < -0.3 is 0 Å². The van der Waals surface area contributed by atoms with Gasteiger partial charge in [-0.1, -0.05) is 11.6 Å². The Balaban J connectivity index is 3.33. The van der Waals surface area contributed by atoms with Crippen LogP contribution in [-0.4, -0.2) is 16.9 Å². The van der Waals surface area contributed by atoms with Crippen LogP contribution in [0.1, 0.15) is 21.6 Å². The normalized spacial score (nSPS) is 11.6. The summed E-state index contributed by atoms with van der Waals surface area (Å²) in [5, 5.41) is -0.408. The van der Waals surface area contributed by atoms with E-state index in [0.29, 0.717) is 5.69 Å². The summed E-state index contributed by atoms with van der Waals surface area (Å²) in [5.74, 6) is -1.96. The first-order valence-electron chi connectivity index (χ1n) is 3.98. The van der Waals surface area contributed by atoms with Crippen LogP contribution >= 0.6 is 11.6 Å². The molecule has 0 N–H and O–H groups in total. The molecule has 82 valence electrons. The van der Waals surface area contributed by atoms with Crippen molar-refractivity contribution < 1.29 is 18.0 Å². The molecule has 0 radical (unpaired) electrons. The first-order chi connectivity index (χ1) is 6.73. The topological polar surface area (TPSA) is 30.0 Å². The van der Waals surface area contributed by atoms with Crippen LogP contribution in [0.2, 0.25) is 5.15 Å². The Bertz CT molecular complexity index is 391. The van der Waals surface area contributed by atoms with Crippen LogP contribution in [0.3, 0.4) is 0 Å². The predicted molar refractivity (Wildman–Crippen MR) is 49.1 cm³/mol. The van der Waals surface area contributed by atoms with Crippen molar-refractivity contribution in [1.82, 2.24) is 4.98 Å². The molecule has 0 aliphatic rings. The highest BCUT2D eigenvalue weighted by Gasteiger charge is 2.41. The highest BCUT2D eigenvalue weighted by molar-refractivity contribution is 6.33. The van der Waals surface area contributed by atoms with E-state index in [1.807, 2.05) is 0 Å². The van der Waals surface area contributed by atoms with Crippen molar-refractivity contribution in [3.05, 3.63) is 28.0 Å². The van der Waals surface area contributed by atoms with Crippen molar-refractivity contribution in [2.45, 2.75) is 20.0 Å². The minimum absolute atomic E-state index is 0.176. The number of halogens is 4. The first kappa shape index (κ1) is 12.0. The van der Waals surface area contributed by atoms with Crippen LogP contribution in [0.5, 0.6) is 0 Å². The number of Topliss-reactive ketones (excluding diaryl/α,β-unsaturated/α-hetero) is 1. The summed E-state index contributed by atoms with van der Waals surface area (Å²) < 4.78 is 36.5. The molecule has 0 aliphatic carbocycles. The Kier molecular flexibility index (Phi) is 3.04. The van der Waals surface area contributed by atoms with Gasteiger partial charge in [0.15, 0.2) is 0 Å². The fourth-order valence-electron chi connectivity index (χ4n) is 1.21. The summed E-state index contributed by atoms with van der Waals surface area (Å²) in [7, 11) is 0. The minimum atomic E-state index is -4.93. The molecule has 0 bridgehead atoms. The number of pyridine rings is 1. The maximum absolute atomic E-state index is 12.2. The van der Waals surface area contributed by atoms with Gasteiger partial charge in [0.1, 0.15) is 5.15 Å². The fourth-order valence-corrected chi connectivity index (χ4v) is 1.57. The molecule has 0 saturated heterocycles. The third kappa shape index (κ3) is 2.47. The zero-order chi connectivity index (χ0) is 11.8. The number of aryl methyl sites for hydroxylation is 2. The highest BCUT2D eigenvalue weighted by Crippen LogP contribution is 2.27. The SMILES string of the molecule is Cc1cc(C)c(C(=O)C(F)(F)F)c(Cl)n1. The van der Waals surface area contributed by atoms with Gasteiger partial charge in [0, 0.05) is 5.69 Å². The molecule has 0 amide bonds. The lowest BCUT2D eigenvalue weighted by molar-refractivity contribution is -0.0885. The number of ketones is 1. The standard InChI is InChI=1S/C9H7ClF3NO/c1-4-3-5(2)14-8(10)6(4)7(15)9(11,12)13/h3H,1-2H3. The summed E-state index contributed by atoms with van der Waals surface area (Å²) in [4.78, 5) is 14.6. The zero-order valence-corrected chi connectivity index (χ0v) is 8.70. The molecule has 6 heteroatoms. The van der Waals surface area contributed by atoms with E-state index in [4.69, 9.17) is 11.6 Å². The van der Waals surface area contributed by atoms with Crippen molar-refractivity contribution in [3.8, 4) is 0 Å². The molecule has 15 heavy (non-hydrogen) atoms. The molecular formula is C9H7ClF3NO. The largest absolute Gasteiger partial charge is 0.454 e. The number of rotatable bonds is 1. The fraction of sp³-hybridized carbons (Fsp3) is 0.333. The van der Waals surface area contributed by atoms with E-state index in [2.05, 4.69) is 4.98 Å². The first-order valence-corrected chi connectivity index (χ1v) is 4.36. The molecule has 0 spiro atoms. The quantitative estimate of drug-likeness (QED) is 0.555. The van der Waals surface area contributed by atoms with E-state index in [-0.39, 0.29) is 5.56 Å². The molecule has 1 rings (SSSR count). The summed E-state index contributed by atoms with van der Waals surface area (Å²) >= 11 is 5.50. The van der Waals surface area contributed by atoms with E-state index in [0.717, 1.165) is 0 Å². The lowest BCUT2D eigenvalue weighted by Gasteiger charge is -2.09. The van der Waals surface area contributed by atoms with E-state index in [9.17, 15) is 18.0 Å². The molecule has 1 aromatic heterocycles. The molecule has 0 atom stereocenters. The van der Waals surface area contributed by atoms with Gasteiger partial charge in [-0.25, -0.2) is 4.98 Å². The molecule has 1 aromatic rings. The van der Waals surface area contributed by atoms with Crippen LogP contribution in [0.4, 0.5) is 13.2 Å². The molecule has 0 unspecified atom stereocenters. The number of aromatic nitrogens is 1. The Labute approximate surface area is 89.1 Å². The molecule has 1 heterocycles.